The Bertz CT molecular complexity index is 220. The van der Waals surface area contributed by atoms with Crippen molar-refractivity contribution in [1.82, 2.24) is 10.2 Å². The summed E-state index contributed by atoms with van der Waals surface area (Å²) in [7, 11) is 5.18. The van der Waals surface area contributed by atoms with Crippen LogP contribution in [-0.4, -0.2) is 62.4 Å². The van der Waals surface area contributed by atoms with Crippen LogP contribution in [0, 0.1) is 5.92 Å². The van der Waals surface area contributed by atoms with Gasteiger partial charge < -0.3 is 20.1 Å². The van der Waals surface area contributed by atoms with Crippen LogP contribution in [-0.2, 0) is 9.53 Å². The number of aliphatic hydroxyl groups excluding tert-OH is 1. The molecule has 0 saturated carbocycles. The maximum atomic E-state index is 11.5. The maximum absolute atomic E-state index is 11.5. The molecule has 5 heteroatoms. The molecule has 0 amide bonds. The van der Waals surface area contributed by atoms with E-state index in [0.717, 1.165) is 0 Å². The number of nitrogens with zero attached hydrogens (tertiary/aromatic N) is 1. The van der Waals surface area contributed by atoms with Crippen molar-refractivity contribution in [3.8, 4) is 0 Å². The molecule has 2 N–H and O–H groups in total. The van der Waals surface area contributed by atoms with Crippen molar-refractivity contribution in [2.24, 2.45) is 5.92 Å². The molecular weight excluding hydrogens is 220 g/mol. The Kier molecular flexibility index (Phi) is 8.12. The van der Waals surface area contributed by atoms with E-state index in [0.29, 0.717) is 25.4 Å². The first-order valence-corrected chi connectivity index (χ1v) is 6.00. The van der Waals surface area contributed by atoms with Gasteiger partial charge in [-0.3, -0.25) is 4.79 Å². The predicted molar refractivity (Wildman–Crippen MR) is 67.8 cm³/mol. The summed E-state index contributed by atoms with van der Waals surface area (Å²) in [4.78, 5) is 13.4. The second-order valence-corrected chi connectivity index (χ2v) is 5.03. The Morgan fingerprint density at radius 1 is 1.41 bits per heavy atom. The van der Waals surface area contributed by atoms with Crippen LogP contribution in [0.5, 0.6) is 0 Å². The van der Waals surface area contributed by atoms with Crippen LogP contribution in [0.1, 0.15) is 20.3 Å². The lowest BCUT2D eigenvalue weighted by Gasteiger charge is -2.21. The number of nitrogens with one attached hydrogen (secondary N) is 1. The Labute approximate surface area is 104 Å². The fourth-order valence-electron chi connectivity index (χ4n) is 1.64. The first-order valence-electron chi connectivity index (χ1n) is 6.00. The number of hydrogen-bond acceptors (Lipinski definition) is 5. The van der Waals surface area contributed by atoms with Gasteiger partial charge in [0.25, 0.3) is 0 Å². The Morgan fingerprint density at radius 3 is 2.41 bits per heavy atom. The van der Waals surface area contributed by atoms with E-state index in [1.54, 1.807) is 0 Å². The lowest BCUT2D eigenvalue weighted by atomic mass is 10.0. The fourth-order valence-corrected chi connectivity index (χ4v) is 1.64. The SMILES string of the molecule is COC(=O)C(CC(C)C)NCC(O)CN(C)C. The lowest BCUT2D eigenvalue weighted by molar-refractivity contribution is -0.143. The highest BCUT2D eigenvalue weighted by Crippen LogP contribution is 2.06. The molecule has 2 atom stereocenters. The summed E-state index contributed by atoms with van der Waals surface area (Å²) in [5.41, 5.74) is 0. The summed E-state index contributed by atoms with van der Waals surface area (Å²) in [5.74, 6) is 0.133. The molecule has 0 fully saturated rings. The minimum Gasteiger partial charge on any atom is -0.468 e. The summed E-state index contributed by atoms with van der Waals surface area (Å²) in [6.45, 7) is 5.06. The van der Waals surface area contributed by atoms with Gasteiger partial charge in [-0.25, -0.2) is 0 Å². The van der Waals surface area contributed by atoms with E-state index in [4.69, 9.17) is 4.74 Å². The van der Waals surface area contributed by atoms with Crippen LogP contribution in [0.3, 0.4) is 0 Å². The topological polar surface area (TPSA) is 61.8 Å². The van der Waals surface area contributed by atoms with Crippen molar-refractivity contribution >= 4 is 5.97 Å². The van der Waals surface area contributed by atoms with E-state index < -0.39 is 6.10 Å². The van der Waals surface area contributed by atoms with Crippen LogP contribution < -0.4 is 5.32 Å². The summed E-state index contributed by atoms with van der Waals surface area (Å²) in [5, 5.41) is 12.8. The Hall–Kier alpha value is -0.650. The first kappa shape index (κ1) is 16.4. The van der Waals surface area contributed by atoms with E-state index in [9.17, 15) is 9.90 Å². The van der Waals surface area contributed by atoms with Crippen LogP contribution in [0.15, 0.2) is 0 Å². The van der Waals surface area contributed by atoms with E-state index in [-0.39, 0.29) is 12.0 Å². The van der Waals surface area contributed by atoms with Crippen molar-refractivity contribution in [3.05, 3.63) is 0 Å². The third-order valence-corrected chi connectivity index (χ3v) is 2.37. The molecule has 0 spiro atoms. The van der Waals surface area contributed by atoms with Gasteiger partial charge in [0.05, 0.1) is 13.2 Å². The van der Waals surface area contributed by atoms with E-state index in [1.165, 1.54) is 7.11 Å². The van der Waals surface area contributed by atoms with Crippen LogP contribution >= 0.6 is 0 Å². The highest BCUT2D eigenvalue weighted by atomic mass is 16.5. The van der Waals surface area contributed by atoms with Crippen molar-refractivity contribution in [2.45, 2.75) is 32.4 Å². The van der Waals surface area contributed by atoms with Crippen molar-refractivity contribution in [3.63, 3.8) is 0 Å². The molecule has 0 saturated heterocycles. The number of hydrogen-bond donors (Lipinski definition) is 2. The summed E-state index contributed by atoms with van der Waals surface area (Å²) >= 11 is 0. The molecule has 5 nitrogen and oxygen atoms in total. The van der Waals surface area contributed by atoms with Crippen LogP contribution in [0.4, 0.5) is 0 Å². The monoisotopic (exact) mass is 246 g/mol. The molecule has 0 aliphatic heterocycles. The van der Waals surface area contributed by atoms with Crippen molar-refractivity contribution in [1.29, 1.82) is 0 Å². The van der Waals surface area contributed by atoms with Gasteiger partial charge in [0.2, 0.25) is 0 Å². The highest BCUT2D eigenvalue weighted by Gasteiger charge is 2.20. The molecule has 0 aliphatic carbocycles. The zero-order chi connectivity index (χ0) is 13.4. The zero-order valence-corrected chi connectivity index (χ0v) is 11.6. The average molecular weight is 246 g/mol. The average Bonchev–Trinajstić information content (AvgIpc) is 2.21. The van der Waals surface area contributed by atoms with E-state index >= 15 is 0 Å². The van der Waals surface area contributed by atoms with Gasteiger partial charge in [0.1, 0.15) is 6.04 Å². The second-order valence-electron chi connectivity index (χ2n) is 5.03. The predicted octanol–water partition coefficient (Wildman–Crippen LogP) is 0.0862. The number of carbonyl (C=O) groups excluding carboxylic acids is 1. The number of likely N-dealkylation sites (N-methyl/N-ethyl adjacent to an activating group) is 1. The standard InChI is InChI=1S/C12H26N2O3/c1-9(2)6-11(12(16)17-5)13-7-10(15)8-14(3)4/h9-11,13,15H,6-8H2,1-5H3. The smallest absolute Gasteiger partial charge is 0.322 e. The molecule has 0 aromatic heterocycles. The molecule has 102 valence electrons. The summed E-state index contributed by atoms with van der Waals surface area (Å²) in [6, 6.07) is -0.336. The number of aliphatic hydroxyl groups is 1. The summed E-state index contributed by atoms with van der Waals surface area (Å²) < 4.78 is 4.73. The molecule has 0 aliphatic rings. The first-order chi connectivity index (χ1) is 7.86. The third-order valence-electron chi connectivity index (χ3n) is 2.37. The van der Waals surface area contributed by atoms with Gasteiger partial charge in [-0.2, -0.15) is 0 Å². The van der Waals surface area contributed by atoms with Gasteiger partial charge in [-0.05, 0) is 26.4 Å². The molecule has 0 aromatic rings. The Morgan fingerprint density at radius 2 is 2.00 bits per heavy atom. The largest absolute Gasteiger partial charge is 0.468 e. The fraction of sp³-hybridized carbons (Fsp3) is 0.917. The zero-order valence-electron chi connectivity index (χ0n) is 11.6. The van der Waals surface area contributed by atoms with Crippen molar-refractivity contribution in [2.75, 3.05) is 34.3 Å². The number of esters is 1. The maximum Gasteiger partial charge on any atom is 0.322 e. The molecule has 0 bridgehead atoms. The van der Waals surface area contributed by atoms with Gasteiger partial charge in [-0.15, -0.1) is 0 Å². The van der Waals surface area contributed by atoms with Gasteiger partial charge in [-0.1, -0.05) is 13.8 Å². The van der Waals surface area contributed by atoms with E-state index in [2.05, 4.69) is 5.32 Å². The minimum absolute atomic E-state index is 0.268. The molecular formula is C12H26N2O3. The van der Waals surface area contributed by atoms with Crippen LogP contribution in [0.2, 0.25) is 0 Å². The van der Waals surface area contributed by atoms with Gasteiger partial charge >= 0.3 is 5.97 Å². The van der Waals surface area contributed by atoms with Gasteiger partial charge in [0.15, 0.2) is 0 Å². The third kappa shape index (κ3) is 8.12. The second kappa shape index (κ2) is 8.44. The molecule has 17 heavy (non-hydrogen) atoms. The Balaban J connectivity index is 4.11. The van der Waals surface area contributed by atoms with Gasteiger partial charge in [0, 0.05) is 13.1 Å². The van der Waals surface area contributed by atoms with Crippen molar-refractivity contribution < 1.29 is 14.6 Å². The number of ether oxygens (including phenoxy) is 1. The molecule has 0 heterocycles. The number of rotatable bonds is 8. The molecule has 0 aromatic carbocycles. The number of methoxy groups -OCH3 is 1. The number of carbonyl (C=O) groups is 1. The normalized spacial score (nSPS) is 15.1. The van der Waals surface area contributed by atoms with E-state index in [1.807, 2.05) is 32.8 Å². The molecule has 0 radical (unpaired) electrons. The molecule has 2 unspecified atom stereocenters. The minimum atomic E-state index is -0.482. The summed E-state index contributed by atoms with van der Waals surface area (Å²) in [6.07, 6.45) is 0.228. The molecule has 0 rings (SSSR count). The highest BCUT2D eigenvalue weighted by molar-refractivity contribution is 5.75. The lowest BCUT2D eigenvalue weighted by Crippen LogP contribution is -2.44. The van der Waals surface area contributed by atoms with Crippen LogP contribution in [0.25, 0.3) is 0 Å². The quantitative estimate of drug-likeness (QED) is 0.594.